The monoisotopic (exact) mass is 279 g/mol. The normalized spacial score (nSPS) is 13.1. The molecule has 1 atom stereocenters. The minimum Gasteiger partial charge on any atom is -0.409 e. The summed E-state index contributed by atoms with van der Waals surface area (Å²) in [6.45, 7) is 8.13. The number of amidine groups is 1. The average molecular weight is 279 g/mol. The van der Waals surface area contributed by atoms with Crippen molar-refractivity contribution in [3.63, 3.8) is 0 Å². The topological polar surface area (TPSA) is 105 Å². The molecule has 20 heavy (non-hydrogen) atoms. The SMILES string of the molecule is CCN(CC(C)/C(N)=N/O)C(=O)c1cc(C)nnc1C. The van der Waals surface area contributed by atoms with Gasteiger partial charge in [0.15, 0.2) is 0 Å². The summed E-state index contributed by atoms with van der Waals surface area (Å²) in [5, 5.41) is 19.5. The molecule has 0 fully saturated rings. The van der Waals surface area contributed by atoms with E-state index in [4.69, 9.17) is 10.9 Å². The molecule has 3 N–H and O–H groups in total. The molecule has 7 nitrogen and oxygen atoms in total. The van der Waals surface area contributed by atoms with Crippen LogP contribution < -0.4 is 5.73 Å². The van der Waals surface area contributed by atoms with Crippen molar-refractivity contribution in [1.82, 2.24) is 15.1 Å². The number of carbonyl (C=O) groups excluding carboxylic acids is 1. The molecule has 1 aromatic rings. The Labute approximate surface area is 118 Å². The van der Waals surface area contributed by atoms with Crippen molar-refractivity contribution in [3.05, 3.63) is 23.0 Å². The van der Waals surface area contributed by atoms with E-state index in [1.807, 2.05) is 6.92 Å². The smallest absolute Gasteiger partial charge is 0.255 e. The second-order valence-corrected chi connectivity index (χ2v) is 4.75. The third-order valence-corrected chi connectivity index (χ3v) is 3.11. The van der Waals surface area contributed by atoms with Crippen molar-refractivity contribution in [2.75, 3.05) is 13.1 Å². The van der Waals surface area contributed by atoms with Gasteiger partial charge in [0.05, 0.1) is 17.0 Å². The lowest BCUT2D eigenvalue weighted by atomic mass is 10.1. The highest BCUT2D eigenvalue weighted by Gasteiger charge is 2.21. The summed E-state index contributed by atoms with van der Waals surface area (Å²) in [5.74, 6) is -0.238. The quantitative estimate of drug-likeness (QED) is 0.361. The summed E-state index contributed by atoms with van der Waals surface area (Å²) in [4.78, 5) is 14.2. The fourth-order valence-electron chi connectivity index (χ4n) is 1.82. The van der Waals surface area contributed by atoms with E-state index in [2.05, 4.69) is 15.4 Å². The van der Waals surface area contributed by atoms with Gasteiger partial charge in [-0.15, -0.1) is 0 Å². The molecular formula is C13H21N5O2. The zero-order chi connectivity index (χ0) is 15.3. The molecule has 1 amide bonds. The fourth-order valence-corrected chi connectivity index (χ4v) is 1.82. The number of aromatic nitrogens is 2. The van der Waals surface area contributed by atoms with Gasteiger partial charge in [0.2, 0.25) is 0 Å². The van der Waals surface area contributed by atoms with E-state index in [9.17, 15) is 4.79 Å². The summed E-state index contributed by atoms with van der Waals surface area (Å²) in [6.07, 6.45) is 0. The van der Waals surface area contributed by atoms with E-state index in [-0.39, 0.29) is 17.7 Å². The number of nitrogens with two attached hydrogens (primary N) is 1. The van der Waals surface area contributed by atoms with Crippen LogP contribution in [0.5, 0.6) is 0 Å². The molecule has 0 bridgehead atoms. The van der Waals surface area contributed by atoms with Crippen LogP contribution in [-0.2, 0) is 0 Å². The lowest BCUT2D eigenvalue weighted by molar-refractivity contribution is 0.0752. The van der Waals surface area contributed by atoms with Crippen molar-refractivity contribution < 1.29 is 10.0 Å². The Balaban J connectivity index is 2.95. The Bertz CT molecular complexity index is 515. The first-order valence-electron chi connectivity index (χ1n) is 6.48. The molecule has 0 spiro atoms. The first-order chi connectivity index (χ1) is 9.40. The molecule has 1 aromatic heterocycles. The maximum Gasteiger partial charge on any atom is 0.255 e. The number of hydrogen-bond donors (Lipinski definition) is 2. The second-order valence-electron chi connectivity index (χ2n) is 4.75. The Hall–Kier alpha value is -2.18. The van der Waals surface area contributed by atoms with Crippen LogP contribution in [0.4, 0.5) is 0 Å². The van der Waals surface area contributed by atoms with Crippen LogP contribution in [0.25, 0.3) is 0 Å². The highest BCUT2D eigenvalue weighted by Crippen LogP contribution is 2.11. The van der Waals surface area contributed by atoms with Gasteiger partial charge in [-0.2, -0.15) is 10.2 Å². The van der Waals surface area contributed by atoms with Crippen LogP contribution >= 0.6 is 0 Å². The summed E-state index contributed by atoms with van der Waals surface area (Å²) in [5.41, 5.74) is 7.37. The average Bonchev–Trinajstić information content (AvgIpc) is 2.45. The molecule has 0 aliphatic carbocycles. The molecule has 0 radical (unpaired) electrons. The number of amides is 1. The van der Waals surface area contributed by atoms with Gasteiger partial charge in [0.25, 0.3) is 5.91 Å². The van der Waals surface area contributed by atoms with Crippen LogP contribution in [0, 0.1) is 19.8 Å². The maximum atomic E-state index is 12.5. The maximum absolute atomic E-state index is 12.5. The third-order valence-electron chi connectivity index (χ3n) is 3.11. The Morgan fingerprint density at radius 1 is 1.50 bits per heavy atom. The van der Waals surface area contributed by atoms with Gasteiger partial charge in [-0.1, -0.05) is 12.1 Å². The molecule has 1 rings (SSSR count). The highest BCUT2D eigenvalue weighted by molar-refractivity contribution is 5.95. The number of oxime groups is 1. The molecule has 1 heterocycles. The second kappa shape index (κ2) is 6.83. The minimum atomic E-state index is -0.222. The molecule has 0 aliphatic rings. The van der Waals surface area contributed by atoms with E-state index < -0.39 is 0 Å². The Morgan fingerprint density at radius 2 is 2.15 bits per heavy atom. The largest absolute Gasteiger partial charge is 0.409 e. The molecule has 0 saturated heterocycles. The van der Waals surface area contributed by atoms with E-state index in [0.717, 1.165) is 0 Å². The summed E-state index contributed by atoms with van der Waals surface area (Å²) >= 11 is 0. The minimum absolute atomic E-state index is 0.108. The van der Waals surface area contributed by atoms with Crippen molar-refractivity contribution in [2.45, 2.75) is 27.7 Å². The number of carbonyl (C=O) groups is 1. The van der Waals surface area contributed by atoms with E-state index in [0.29, 0.717) is 30.0 Å². The first-order valence-corrected chi connectivity index (χ1v) is 6.48. The molecule has 0 aromatic carbocycles. The van der Waals surface area contributed by atoms with Crippen molar-refractivity contribution in [3.8, 4) is 0 Å². The van der Waals surface area contributed by atoms with Gasteiger partial charge < -0.3 is 15.8 Å². The van der Waals surface area contributed by atoms with Gasteiger partial charge in [-0.3, -0.25) is 4.79 Å². The van der Waals surface area contributed by atoms with Crippen LogP contribution in [-0.4, -0.2) is 45.1 Å². The van der Waals surface area contributed by atoms with E-state index in [1.165, 1.54) is 0 Å². The van der Waals surface area contributed by atoms with Gasteiger partial charge in [0, 0.05) is 19.0 Å². The van der Waals surface area contributed by atoms with Gasteiger partial charge >= 0.3 is 0 Å². The van der Waals surface area contributed by atoms with Gasteiger partial charge in [0.1, 0.15) is 5.84 Å². The van der Waals surface area contributed by atoms with E-state index in [1.54, 1.807) is 31.7 Å². The zero-order valence-corrected chi connectivity index (χ0v) is 12.3. The highest BCUT2D eigenvalue weighted by atomic mass is 16.4. The molecular weight excluding hydrogens is 258 g/mol. The number of rotatable bonds is 5. The first kappa shape index (κ1) is 15.9. The Morgan fingerprint density at radius 3 is 2.70 bits per heavy atom. The van der Waals surface area contributed by atoms with Crippen molar-refractivity contribution >= 4 is 11.7 Å². The summed E-state index contributed by atoms with van der Waals surface area (Å²) in [7, 11) is 0. The molecule has 7 heteroatoms. The zero-order valence-electron chi connectivity index (χ0n) is 12.3. The molecule has 0 saturated carbocycles. The van der Waals surface area contributed by atoms with Crippen LogP contribution in [0.2, 0.25) is 0 Å². The van der Waals surface area contributed by atoms with Crippen LogP contribution in [0.15, 0.2) is 11.2 Å². The Kier molecular flexibility index (Phi) is 5.42. The molecule has 0 aliphatic heterocycles. The lowest BCUT2D eigenvalue weighted by Crippen LogP contribution is -2.39. The molecule has 1 unspecified atom stereocenters. The predicted octanol–water partition coefficient (Wildman–Crippen LogP) is 0.938. The number of aryl methyl sites for hydroxylation is 2. The lowest BCUT2D eigenvalue weighted by Gasteiger charge is -2.24. The standard InChI is InChI=1S/C13H21N5O2/c1-5-18(7-8(2)12(14)17-20)13(19)11-6-9(3)15-16-10(11)4/h6,8,20H,5,7H2,1-4H3,(H2,14,17). The number of hydrogen-bond acceptors (Lipinski definition) is 5. The van der Waals surface area contributed by atoms with Crippen molar-refractivity contribution in [2.24, 2.45) is 16.8 Å². The predicted molar refractivity (Wildman–Crippen MR) is 75.7 cm³/mol. The number of nitrogens with zero attached hydrogens (tertiary/aromatic N) is 4. The third kappa shape index (κ3) is 3.66. The fraction of sp³-hybridized carbons (Fsp3) is 0.538. The van der Waals surface area contributed by atoms with Crippen LogP contribution in [0.1, 0.15) is 35.6 Å². The molecule has 110 valence electrons. The van der Waals surface area contributed by atoms with Crippen LogP contribution in [0.3, 0.4) is 0 Å². The summed E-state index contributed by atoms with van der Waals surface area (Å²) in [6, 6.07) is 1.72. The van der Waals surface area contributed by atoms with Crippen molar-refractivity contribution in [1.29, 1.82) is 0 Å². The summed E-state index contributed by atoms with van der Waals surface area (Å²) < 4.78 is 0. The van der Waals surface area contributed by atoms with Gasteiger partial charge in [-0.05, 0) is 26.8 Å². The van der Waals surface area contributed by atoms with Gasteiger partial charge in [-0.25, -0.2) is 0 Å². The van der Waals surface area contributed by atoms with E-state index >= 15 is 0 Å².